The van der Waals surface area contributed by atoms with E-state index in [2.05, 4.69) is 5.10 Å². The first-order chi connectivity index (χ1) is 7.88. The molecule has 0 aliphatic heterocycles. The molecule has 0 saturated carbocycles. The quantitative estimate of drug-likeness (QED) is 0.834. The lowest BCUT2D eigenvalue weighted by molar-refractivity contribution is -0.137. The van der Waals surface area contributed by atoms with Crippen LogP contribution in [0, 0.1) is 6.92 Å². The molecule has 0 amide bonds. The number of rotatable bonds is 1. The van der Waals surface area contributed by atoms with Gasteiger partial charge in [-0.2, -0.15) is 18.3 Å². The topological polar surface area (TPSA) is 43.8 Å². The minimum absolute atomic E-state index is 0.278. The molecule has 6 heteroatoms. The average molecular weight is 241 g/mol. The SMILES string of the molecule is Cc1cc(N)nn1-c1cccc(C(F)(F)F)c1. The first-order valence-corrected chi connectivity index (χ1v) is 4.88. The Labute approximate surface area is 95.7 Å². The van der Waals surface area contributed by atoms with Crippen LogP contribution in [0.25, 0.3) is 5.69 Å². The number of alkyl halides is 3. The van der Waals surface area contributed by atoms with Gasteiger partial charge in [-0.05, 0) is 25.1 Å². The van der Waals surface area contributed by atoms with E-state index in [1.54, 1.807) is 19.1 Å². The zero-order chi connectivity index (χ0) is 12.6. The van der Waals surface area contributed by atoms with E-state index in [0.29, 0.717) is 11.4 Å². The molecule has 0 radical (unpaired) electrons. The predicted octanol–water partition coefficient (Wildman–Crippen LogP) is 2.78. The maximum Gasteiger partial charge on any atom is 0.416 e. The molecule has 2 aromatic rings. The molecule has 0 fully saturated rings. The number of anilines is 1. The molecule has 0 aliphatic carbocycles. The van der Waals surface area contributed by atoms with Crippen molar-refractivity contribution in [1.29, 1.82) is 0 Å². The van der Waals surface area contributed by atoms with Crippen LogP contribution in [-0.2, 0) is 6.18 Å². The predicted molar refractivity (Wildman–Crippen MR) is 57.7 cm³/mol. The molecule has 1 heterocycles. The van der Waals surface area contributed by atoms with Gasteiger partial charge in [0.1, 0.15) is 5.82 Å². The first kappa shape index (κ1) is 11.5. The van der Waals surface area contributed by atoms with Crippen LogP contribution in [0.3, 0.4) is 0 Å². The van der Waals surface area contributed by atoms with E-state index in [0.717, 1.165) is 12.1 Å². The van der Waals surface area contributed by atoms with E-state index in [9.17, 15) is 13.2 Å². The second-order valence-corrected chi connectivity index (χ2v) is 3.67. The van der Waals surface area contributed by atoms with E-state index in [1.807, 2.05) is 0 Å². The van der Waals surface area contributed by atoms with Crippen LogP contribution in [0.2, 0.25) is 0 Å². The normalized spacial score (nSPS) is 11.8. The highest BCUT2D eigenvalue weighted by atomic mass is 19.4. The second kappa shape index (κ2) is 3.80. The van der Waals surface area contributed by atoms with Gasteiger partial charge in [-0.15, -0.1) is 0 Å². The van der Waals surface area contributed by atoms with Crippen LogP contribution in [0.4, 0.5) is 19.0 Å². The molecule has 17 heavy (non-hydrogen) atoms. The monoisotopic (exact) mass is 241 g/mol. The van der Waals surface area contributed by atoms with Crippen LogP contribution < -0.4 is 5.73 Å². The fraction of sp³-hybridized carbons (Fsp3) is 0.182. The molecular formula is C11H10F3N3. The number of aromatic nitrogens is 2. The van der Waals surface area contributed by atoms with Gasteiger partial charge in [-0.25, -0.2) is 4.68 Å². The molecule has 2 N–H and O–H groups in total. The number of aryl methyl sites for hydroxylation is 1. The van der Waals surface area contributed by atoms with Crippen molar-refractivity contribution in [2.24, 2.45) is 0 Å². The summed E-state index contributed by atoms with van der Waals surface area (Å²) in [5.41, 5.74) is 5.81. The summed E-state index contributed by atoms with van der Waals surface area (Å²) in [4.78, 5) is 0. The largest absolute Gasteiger partial charge is 0.416 e. The highest BCUT2D eigenvalue weighted by Crippen LogP contribution is 2.30. The summed E-state index contributed by atoms with van der Waals surface area (Å²) < 4.78 is 39.0. The van der Waals surface area contributed by atoms with Crippen molar-refractivity contribution in [2.45, 2.75) is 13.1 Å². The third-order valence-corrected chi connectivity index (χ3v) is 2.32. The van der Waals surface area contributed by atoms with Crippen LogP contribution in [0.15, 0.2) is 30.3 Å². The first-order valence-electron chi connectivity index (χ1n) is 4.88. The summed E-state index contributed by atoms with van der Waals surface area (Å²) in [5, 5.41) is 3.93. The van der Waals surface area contributed by atoms with Crippen LogP contribution in [-0.4, -0.2) is 9.78 Å². The van der Waals surface area contributed by atoms with E-state index in [4.69, 9.17) is 5.73 Å². The van der Waals surface area contributed by atoms with Crippen molar-refractivity contribution in [1.82, 2.24) is 9.78 Å². The van der Waals surface area contributed by atoms with E-state index < -0.39 is 11.7 Å². The molecule has 0 saturated heterocycles. The highest BCUT2D eigenvalue weighted by Gasteiger charge is 2.30. The Morgan fingerprint density at radius 2 is 1.94 bits per heavy atom. The fourth-order valence-electron chi connectivity index (χ4n) is 1.57. The van der Waals surface area contributed by atoms with Gasteiger partial charge in [-0.1, -0.05) is 6.07 Å². The molecule has 1 aromatic heterocycles. The smallest absolute Gasteiger partial charge is 0.382 e. The Bertz CT molecular complexity index is 543. The van der Waals surface area contributed by atoms with Crippen LogP contribution in [0.1, 0.15) is 11.3 Å². The zero-order valence-corrected chi connectivity index (χ0v) is 8.99. The van der Waals surface area contributed by atoms with Crippen molar-refractivity contribution in [2.75, 3.05) is 5.73 Å². The average Bonchev–Trinajstić information content (AvgIpc) is 2.57. The number of nitrogen functional groups attached to an aromatic ring is 1. The van der Waals surface area contributed by atoms with Crippen molar-refractivity contribution in [3.05, 3.63) is 41.6 Å². The summed E-state index contributed by atoms with van der Waals surface area (Å²) >= 11 is 0. The van der Waals surface area contributed by atoms with Crippen LogP contribution in [0.5, 0.6) is 0 Å². The summed E-state index contributed by atoms with van der Waals surface area (Å²) in [6, 6.07) is 6.55. The van der Waals surface area contributed by atoms with Gasteiger partial charge < -0.3 is 5.73 Å². The summed E-state index contributed by atoms with van der Waals surface area (Å²) in [6.07, 6.45) is -4.36. The molecule has 0 aliphatic rings. The van der Waals surface area contributed by atoms with Crippen molar-refractivity contribution in [3.8, 4) is 5.69 Å². The van der Waals surface area contributed by atoms with Gasteiger partial charge in [0.05, 0.1) is 11.3 Å². The van der Waals surface area contributed by atoms with Gasteiger partial charge in [0.25, 0.3) is 0 Å². The summed E-state index contributed by atoms with van der Waals surface area (Å²) in [5.74, 6) is 0.278. The minimum Gasteiger partial charge on any atom is -0.382 e. The van der Waals surface area contributed by atoms with E-state index in [1.165, 1.54) is 10.7 Å². The van der Waals surface area contributed by atoms with Gasteiger partial charge in [0, 0.05) is 11.8 Å². The lowest BCUT2D eigenvalue weighted by Gasteiger charge is -2.09. The van der Waals surface area contributed by atoms with Gasteiger partial charge >= 0.3 is 6.18 Å². The molecule has 0 unspecified atom stereocenters. The molecule has 0 spiro atoms. The standard InChI is InChI=1S/C11H10F3N3/c1-7-5-10(15)16-17(7)9-4-2-3-8(6-9)11(12,13)14/h2-6H,1H3,(H2,15,16). The Kier molecular flexibility index (Phi) is 2.57. The van der Waals surface area contributed by atoms with Crippen molar-refractivity contribution < 1.29 is 13.2 Å². The Balaban J connectivity index is 2.50. The van der Waals surface area contributed by atoms with Gasteiger partial charge in [0.15, 0.2) is 0 Å². The molecule has 0 bridgehead atoms. The summed E-state index contributed by atoms with van der Waals surface area (Å²) in [6.45, 7) is 1.73. The number of hydrogen-bond acceptors (Lipinski definition) is 2. The Morgan fingerprint density at radius 3 is 2.47 bits per heavy atom. The van der Waals surface area contributed by atoms with Crippen molar-refractivity contribution >= 4 is 5.82 Å². The third kappa shape index (κ3) is 2.25. The second-order valence-electron chi connectivity index (χ2n) is 3.67. The maximum atomic E-state index is 12.5. The Hall–Kier alpha value is -1.98. The van der Waals surface area contributed by atoms with E-state index in [-0.39, 0.29) is 5.82 Å². The van der Waals surface area contributed by atoms with Crippen LogP contribution >= 0.6 is 0 Å². The zero-order valence-electron chi connectivity index (χ0n) is 8.99. The molecule has 1 aromatic carbocycles. The molecule has 90 valence electrons. The van der Waals surface area contributed by atoms with Gasteiger partial charge in [-0.3, -0.25) is 0 Å². The van der Waals surface area contributed by atoms with E-state index >= 15 is 0 Å². The van der Waals surface area contributed by atoms with Crippen molar-refractivity contribution in [3.63, 3.8) is 0 Å². The summed E-state index contributed by atoms with van der Waals surface area (Å²) in [7, 11) is 0. The third-order valence-electron chi connectivity index (χ3n) is 2.32. The highest BCUT2D eigenvalue weighted by molar-refractivity contribution is 5.41. The number of hydrogen-bond donors (Lipinski definition) is 1. The minimum atomic E-state index is -4.36. The fourth-order valence-corrected chi connectivity index (χ4v) is 1.57. The maximum absolute atomic E-state index is 12.5. The molecule has 0 atom stereocenters. The number of nitrogens with zero attached hydrogens (tertiary/aromatic N) is 2. The number of nitrogens with two attached hydrogens (primary N) is 1. The molecule has 2 rings (SSSR count). The lowest BCUT2D eigenvalue weighted by atomic mass is 10.2. The Morgan fingerprint density at radius 1 is 1.24 bits per heavy atom. The number of halogens is 3. The lowest BCUT2D eigenvalue weighted by Crippen LogP contribution is -2.07. The van der Waals surface area contributed by atoms with Gasteiger partial charge in [0.2, 0.25) is 0 Å². The molecule has 3 nitrogen and oxygen atoms in total. The molecular weight excluding hydrogens is 231 g/mol. The number of benzene rings is 1.